The van der Waals surface area contributed by atoms with Crippen LogP contribution in [0.5, 0.6) is 5.75 Å². The third-order valence-corrected chi connectivity index (χ3v) is 7.54. The summed E-state index contributed by atoms with van der Waals surface area (Å²) in [5.74, 6) is -0.0520. The van der Waals surface area contributed by atoms with Crippen molar-refractivity contribution >= 4 is 39.4 Å². The fourth-order valence-electron chi connectivity index (χ4n) is 4.63. The van der Waals surface area contributed by atoms with Crippen LogP contribution in [0.2, 0.25) is 0 Å². The second kappa shape index (κ2) is 12.1. The van der Waals surface area contributed by atoms with Gasteiger partial charge >= 0.3 is 0 Å². The van der Waals surface area contributed by atoms with Gasteiger partial charge in [-0.15, -0.1) is 0 Å². The van der Waals surface area contributed by atoms with E-state index in [9.17, 15) is 4.79 Å². The minimum Gasteiger partial charge on any atom is -0.489 e. The fraction of sp³-hybridized carbons (Fsp3) is 0.0588. The zero-order valence-electron chi connectivity index (χ0n) is 23.1. The summed E-state index contributed by atoms with van der Waals surface area (Å²) in [7, 11) is 0. The number of benzene rings is 4. The molecule has 3 aromatic heterocycles. The molecule has 0 saturated carbocycles. The van der Waals surface area contributed by atoms with Crippen molar-refractivity contribution in [2.45, 2.75) is 13.5 Å². The quantitative estimate of drug-likeness (QED) is 0.258. The normalized spacial score (nSPS) is 11.4. The number of ether oxygens (including phenoxy) is 1. The Labute approximate surface area is 250 Å². The lowest BCUT2D eigenvalue weighted by Gasteiger charge is -2.07. The van der Waals surface area contributed by atoms with Crippen molar-refractivity contribution in [3.63, 3.8) is 0 Å². The maximum atomic E-state index is 13.4. The standard InChI is InChI=1S/C32H22N4O2S.C2H4O2/c37-31-29(39-32-33-27-13-7-8-14-28(27)36(31)32)19-24-20-35(25-11-5-2-6-12-25)34-30(24)23-15-17-26(18-16-23)38-21-22-9-3-1-4-10-22;1-2(3)4/h1-20H,21H2;1H3,(H,3,4)/b29-19+;. The molecule has 0 amide bonds. The second-order valence-electron chi connectivity index (χ2n) is 9.67. The Morgan fingerprint density at radius 3 is 2.28 bits per heavy atom. The molecule has 3 heterocycles. The first-order valence-electron chi connectivity index (χ1n) is 13.5. The van der Waals surface area contributed by atoms with E-state index in [1.807, 2.05) is 126 Å². The highest BCUT2D eigenvalue weighted by molar-refractivity contribution is 7.15. The molecule has 0 radical (unpaired) electrons. The lowest BCUT2D eigenvalue weighted by molar-refractivity contribution is -0.134. The van der Waals surface area contributed by atoms with Crippen LogP contribution >= 0.6 is 11.3 Å². The number of rotatable bonds is 6. The van der Waals surface area contributed by atoms with Crippen LogP contribution in [0.15, 0.2) is 120 Å². The van der Waals surface area contributed by atoms with Gasteiger partial charge in [-0.3, -0.25) is 9.59 Å². The largest absolute Gasteiger partial charge is 0.489 e. The molecule has 0 atom stereocenters. The van der Waals surface area contributed by atoms with Gasteiger partial charge in [-0.05, 0) is 60.2 Å². The monoisotopic (exact) mass is 586 g/mol. The molecule has 9 heteroatoms. The first kappa shape index (κ1) is 27.6. The van der Waals surface area contributed by atoms with Crippen LogP contribution in [-0.4, -0.2) is 30.2 Å². The van der Waals surface area contributed by atoms with E-state index in [0.29, 0.717) is 16.1 Å². The second-order valence-corrected chi connectivity index (χ2v) is 10.7. The summed E-state index contributed by atoms with van der Waals surface area (Å²) in [4.78, 5) is 27.8. The summed E-state index contributed by atoms with van der Waals surface area (Å²) >= 11 is 1.39. The number of carbonyl (C=O) groups is 1. The lowest BCUT2D eigenvalue weighted by atomic mass is 10.1. The molecule has 7 aromatic rings. The summed E-state index contributed by atoms with van der Waals surface area (Å²) < 4.78 is 10.1. The number of thiazole rings is 1. The number of imidazole rings is 1. The van der Waals surface area contributed by atoms with Gasteiger partial charge in [0.25, 0.3) is 11.5 Å². The molecule has 0 aliphatic heterocycles. The van der Waals surface area contributed by atoms with Crippen molar-refractivity contribution in [1.29, 1.82) is 0 Å². The molecular weight excluding hydrogens is 560 g/mol. The molecular formula is C34H26N4O4S. The molecule has 4 aromatic carbocycles. The SMILES string of the molecule is CC(=O)O.O=c1/c(=C\c2cn(-c3ccccc3)nc2-c2ccc(OCc3ccccc3)cc2)sc2nc3ccccc3n12. The molecule has 0 aliphatic carbocycles. The number of aliphatic carboxylic acids is 1. The number of carboxylic acid groups (broad SMARTS) is 1. The number of hydrogen-bond donors (Lipinski definition) is 1. The molecule has 8 nitrogen and oxygen atoms in total. The van der Waals surface area contributed by atoms with Gasteiger partial charge in [0.1, 0.15) is 18.1 Å². The topological polar surface area (TPSA) is 98.7 Å². The van der Waals surface area contributed by atoms with E-state index in [1.54, 1.807) is 4.40 Å². The number of aromatic nitrogens is 4. The van der Waals surface area contributed by atoms with Crippen molar-refractivity contribution < 1.29 is 14.6 Å². The van der Waals surface area contributed by atoms with E-state index in [0.717, 1.165) is 51.8 Å². The van der Waals surface area contributed by atoms with Crippen LogP contribution in [0.3, 0.4) is 0 Å². The van der Waals surface area contributed by atoms with E-state index >= 15 is 0 Å². The van der Waals surface area contributed by atoms with E-state index in [2.05, 4.69) is 4.98 Å². The molecule has 0 bridgehead atoms. The van der Waals surface area contributed by atoms with Crippen LogP contribution in [-0.2, 0) is 11.4 Å². The third-order valence-electron chi connectivity index (χ3n) is 6.57. The summed E-state index contributed by atoms with van der Waals surface area (Å²) in [6.45, 7) is 1.59. The van der Waals surface area contributed by atoms with Crippen molar-refractivity contribution in [3.05, 3.63) is 141 Å². The van der Waals surface area contributed by atoms with E-state index in [4.69, 9.17) is 19.7 Å². The smallest absolute Gasteiger partial charge is 0.300 e. The zero-order valence-corrected chi connectivity index (χ0v) is 23.9. The number of fused-ring (bicyclic) bond motifs is 3. The van der Waals surface area contributed by atoms with E-state index in [-0.39, 0.29) is 5.56 Å². The minimum absolute atomic E-state index is 0.0771. The molecule has 0 unspecified atom stereocenters. The predicted molar refractivity (Wildman–Crippen MR) is 169 cm³/mol. The van der Waals surface area contributed by atoms with Gasteiger partial charge in [-0.2, -0.15) is 5.10 Å². The molecule has 0 saturated heterocycles. The Kier molecular flexibility index (Phi) is 7.80. The molecule has 0 aliphatic rings. The van der Waals surface area contributed by atoms with Crippen LogP contribution in [0.25, 0.3) is 39.0 Å². The van der Waals surface area contributed by atoms with Crippen molar-refractivity contribution in [1.82, 2.24) is 19.2 Å². The first-order valence-corrected chi connectivity index (χ1v) is 14.3. The summed E-state index contributed by atoms with van der Waals surface area (Å²) in [6.07, 6.45) is 3.88. The predicted octanol–water partition coefficient (Wildman–Crippen LogP) is 5.98. The lowest BCUT2D eigenvalue weighted by Crippen LogP contribution is -2.22. The molecule has 7 rings (SSSR count). The van der Waals surface area contributed by atoms with Crippen molar-refractivity contribution in [3.8, 4) is 22.7 Å². The zero-order chi connectivity index (χ0) is 29.8. The highest BCUT2D eigenvalue weighted by Crippen LogP contribution is 2.27. The van der Waals surface area contributed by atoms with Crippen molar-refractivity contribution in [2.75, 3.05) is 0 Å². The Morgan fingerprint density at radius 1 is 0.907 bits per heavy atom. The highest BCUT2D eigenvalue weighted by atomic mass is 32.1. The first-order chi connectivity index (χ1) is 21.0. The average molecular weight is 587 g/mol. The average Bonchev–Trinajstić information content (AvgIpc) is 3.70. The Bertz CT molecular complexity index is 2130. The number of hydrogen-bond acceptors (Lipinski definition) is 6. The number of nitrogens with zero attached hydrogens (tertiary/aromatic N) is 4. The van der Waals surface area contributed by atoms with Crippen molar-refractivity contribution in [2.24, 2.45) is 0 Å². The van der Waals surface area contributed by atoms with Crippen LogP contribution in [0.1, 0.15) is 18.1 Å². The summed E-state index contributed by atoms with van der Waals surface area (Å²) in [5, 5.41) is 12.3. The fourth-order valence-corrected chi connectivity index (χ4v) is 5.61. The molecule has 212 valence electrons. The van der Waals surface area contributed by atoms with Crippen LogP contribution in [0.4, 0.5) is 0 Å². The summed E-state index contributed by atoms with van der Waals surface area (Å²) in [5.41, 5.74) is 6.18. The van der Waals surface area contributed by atoms with Gasteiger partial charge in [0.15, 0.2) is 4.96 Å². The van der Waals surface area contributed by atoms with Gasteiger partial charge in [0.2, 0.25) is 0 Å². The van der Waals surface area contributed by atoms with Gasteiger partial charge in [-0.1, -0.05) is 72.0 Å². The number of para-hydroxylation sites is 3. The van der Waals surface area contributed by atoms with Gasteiger partial charge in [0, 0.05) is 24.2 Å². The van der Waals surface area contributed by atoms with Gasteiger partial charge < -0.3 is 9.84 Å². The molecule has 1 N–H and O–H groups in total. The summed E-state index contributed by atoms with van der Waals surface area (Å²) in [6, 6.07) is 35.6. The van der Waals surface area contributed by atoms with Crippen LogP contribution in [0, 0.1) is 0 Å². The Morgan fingerprint density at radius 2 is 1.56 bits per heavy atom. The Balaban J connectivity index is 0.000000777. The van der Waals surface area contributed by atoms with E-state index in [1.165, 1.54) is 11.3 Å². The Hall–Kier alpha value is -5.54. The van der Waals surface area contributed by atoms with E-state index < -0.39 is 5.97 Å². The minimum atomic E-state index is -0.833. The third kappa shape index (κ3) is 6.07. The van der Waals surface area contributed by atoms with Crippen LogP contribution < -0.4 is 14.8 Å². The maximum absolute atomic E-state index is 13.4. The highest BCUT2D eigenvalue weighted by Gasteiger charge is 2.14. The molecule has 0 spiro atoms. The maximum Gasteiger partial charge on any atom is 0.300 e. The van der Waals surface area contributed by atoms with Gasteiger partial charge in [0.05, 0.1) is 21.3 Å². The molecule has 0 fully saturated rings. The van der Waals surface area contributed by atoms with Gasteiger partial charge in [-0.25, -0.2) is 14.1 Å². The molecule has 43 heavy (non-hydrogen) atoms. The number of carboxylic acids is 1.